The van der Waals surface area contributed by atoms with Gasteiger partial charge in [-0.05, 0) is 11.6 Å². The van der Waals surface area contributed by atoms with Crippen molar-refractivity contribution in [2.24, 2.45) is 11.8 Å². The van der Waals surface area contributed by atoms with Gasteiger partial charge >= 0.3 is 0 Å². The van der Waals surface area contributed by atoms with Gasteiger partial charge in [0.25, 0.3) is 5.92 Å². The molecule has 0 unspecified atom stereocenters. The molecule has 0 saturated heterocycles. The predicted molar refractivity (Wildman–Crippen MR) is 72.3 cm³/mol. The quantitative estimate of drug-likeness (QED) is 0.873. The second kappa shape index (κ2) is 4.26. The first-order valence-corrected chi connectivity index (χ1v) is 7.10. The van der Waals surface area contributed by atoms with E-state index in [1.807, 2.05) is 18.2 Å². The number of alkyl halides is 2. The normalized spacial score (nSPS) is 25.5. The van der Waals surface area contributed by atoms with E-state index in [9.17, 15) is 8.78 Å². The second-order valence-corrected chi connectivity index (χ2v) is 5.79. The standard InChI is InChI=1S/C15H15F2N3O/c1-9-12(15(9,16)17)7-20-8-13(18-19-20)11-4-2-3-10-5-6-21-14(10)11/h2-4,8-9,12H,5-7H2,1H3/t9-,12-/m1/s1. The molecule has 2 aromatic rings. The lowest BCUT2D eigenvalue weighted by Crippen LogP contribution is -2.05. The van der Waals surface area contributed by atoms with Gasteiger partial charge in [-0.3, -0.25) is 4.68 Å². The molecule has 4 nitrogen and oxygen atoms in total. The number of hydrogen-bond donors (Lipinski definition) is 0. The van der Waals surface area contributed by atoms with Crippen molar-refractivity contribution in [3.05, 3.63) is 30.0 Å². The maximum Gasteiger partial charge on any atom is 0.256 e. The summed E-state index contributed by atoms with van der Waals surface area (Å²) in [4.78, 5) is 0. The molecule has 1 aliphatic carbocycles. The number of hydrogen-bond acceptors (Lipinski definition) is 3. The Kier molecular flexibility index (Phi) is 2.58. The van der Waals surface area contributed by atoms with Crippen LogP contribution >= 0.6 is 0 Å². The van der Waals surface area contributed by atoms with E-state index in [2.05, 4.69) is 10.3 Å². The molecule has 0 radical (unpaired) electrons. The van der Waals surface area contributed by atoms with Gasteiger partial charge in [-0.2, -0.15) is 0 Å². The third-order valence-electron chi connectivity index (χ3n) is 4.51. The Bertz CT molecular complexity index is 698. The molecular formula is C15H15F2N3O. The molecule has 0 spiro atoms. The summed E-state index contributed by atoms with van der Waals surface area (Å²) in [5.41, 5.74) is 2.71. The highest BCUT2D eigenvalue weighted by atomic mass is 19.3. The number of benzene rings is 1. The minimum absolute atomic E-state index is 0.205. The summed E-state index contributed by atoms with van der Waals surface area (Å²) < 4.78 is 33.8. The highest BCUT2D eigenvalue weighted by Crippen LogP contribution is 2.55. The van der Waals surface area contributed by atoms with Crippen LogP contribution < -0.4 is 4.74 Å². The summed E-state index contributed by atoms with van der Waals surface area (Å²) in [7, 11) is 0. The molecule has 110 valence electrons. The number of halogens is 2. The topological polar surface area (TPSA) is 39.9 Å². The molecule has 1 fully saturated rings. The monoisotopic (exact) mass is 291 g/mol. The molecule has 1 aromatic heterocycles. The lowest BCUT2D eigenvalue weighted by atomic mass is 10.1. The summed E-state index contributed by atoms with van der Waals surface area (Å²) in [5, 5.41) is 8.08. The molecule has 0 bridgehead atoms. The van der Waals surface area contributed by atoms with Crippen LogP contribution in [0, 0.1) is 11.8 Å². The van der Waals surface area contributed by atoms with E-state index in [4.69, 9.17) is 4.74 Å². The van der Waals surface area contributed by atoms with Crippen LogP contribution in [0.15, 0.2) is 24.4 Å². The SMILES string of the molecule is C[C@@H]1[C@@H](Cn2cc(-c3cccc4c3OCC4)nn2)C1(F)F. The number of nitrogens with zero attached hydrogens (tertiary/aromatic N) is 3. The fourth-order valence-corrected chi connectivity index (χ4v) is 2.97. The van der Waals surface area contributed by atoms with E-state index < -0.39 is 17.8 Å². The average Bonchev–Trinajstić information content (AvgIpc) is 2.97. The molecule has 1 saturated carbocycles. The number of aromatic nitrogens is 3. The van der Waals surface area contributed by atoms with E-state index in [-0.39, 0.29) is 6.54 Å². The molecule has 1 aromatic carbocycles. The number of rotatable bonds is 3. The molecule has 2 atom stereocenters. The van der Waals surface area contributed by atoms with Crippen LogP contribution in [-0.4, -0.2) is 27.5 Å². The van der Waals surface area contributed by atoms with Gasteiger partial charge < -0.3 is 4.74 Å². The van der Waals surface area contributed by atoms with Crippen molar-refractivity contribution in [3.63, 3.8) is 0 Å². The fourth-order valence-electron chi connectivity index (χ4n) is 2.97. The van der Waals surface area contributed by atoms with Crippen LogP contribution in [0.5, 0.6) is 5.75 Å². The van der Waals surface area contributed by atoms with Gasteiger partial charge in [-0.15, -0.1) is 5.10 Å². The van der Waals surface area contributed by atoms with Crippen molar-refractivity contribution in [3.8, 4) is 17.0 Å². The van der Waals surface area contributed by atoms with Gasteiger partial charge in [0.15, 0.2) is 0 Å². The number of ether oxygens (including phenoxy) is 1. The smallest absolute Gasteiger partial charge is 0.256 e. The van der Waals surface area contributed by atoms with Crippen molar-refractivity contribution in [1.29, 1.82) is 0 Å². The van der Waals surface area contributed by atoms with Crippen LogP contribution in [0.2, 0.25) is 0 Å². The Labute approximate surface area is 120 Å². The third-order valence-corrected chi connectivity index (χ3v) is 4.51. The maximum absolute atomic E-state index is 13.3. The summed E-state index contributed by atoms with van der Waals surface area (Å²) in [6, 6.07) is 5.91. The Morgan fingerprint density at radius 1 is 1.43 bits per heavy atom. The zero-order valence-corrected chi connectivity index (χ0v) is 11.6. The highest BCUT2D eigenvalue weighted by molar-refractivity contribution is 5.69. The van der Waals surface area contributed by atoms with Crippen molar-refractivity contribution < 1.29 is 13.5 Å². The molecule has 1 aliphatic heterocycles. The molecule has 21 heavy (non-hydrogen) atoms. The largest absolute Gasteiger partial charge is 0.492 e. The van der Waals surface area contributed by atoms with E-state index in [0.29, 0.717) is 12.3 Å². The minimum Gasteiger partial charge on any atom is -0.492 e. The molecular weight excluding hydrogens is 276 g/mol. The van der Waals surface area contributed by atoms with Crippen molar-refractivity contribution in [2.75, 3.05) is 6.61 Å². The Balaban J connectivity index is 1.60. The van der Waals surface area contributed by atoms with Gasteiger partial charge in [0.2, 0.25) is 0 Å². The zero-order valence-electron chi connectivity index (χ0n) is 11.6. The van der Waals surface area contributed by atoms with Gasteiger partial charge in [0.05, 0.1) is 25.3 Å². The van der Waals surface area contributed by atoms with E-state index >= 15 is 0 Å². The molecule has 2 heterocycles. The Hall–Kier alpha value is -1.98. The molecule has 4 rings (SSSR count). The van der Waals surface area contributed by atoms with Crippen LogP contribution in [0.1, 0.15) is 12.5 Å². The van der Waals surface area contributed by atoms with Crippen molar-refractivity contribution in [2.45, 2.75) is 25.8 Å². The second-order valence-electron chi connectivity index (χ2n) is 5.79. The van der Waals surface area contributed by atoms with Crippen LogP contribution in [0.25, 0.3) is 11.3 Å². The lowest BCUT2D eigenvalue weighted by molar-refractivity contribution is 0.0828. The number of para-hydroxylation sites is 1. The molecule has 0 amide bonds. The molecule has 0 N–H and O–H groups in total. The summed E-state index contributed by atoms with van der Waals surface area (Å²) in [6.07, 6.45) is 2.61. The molecule has 6 heteroatoms. The van der Waals surface area contributed by atoms with E-state index in [1.54, 1.807) is 13.1 Å². The third kappa shape index (κ3) is 1.92. The minimum atomic E-state index is -2.57. The first-order chi connectivity index (χ1) is 10.1. The van der Waals surface area contributed by atoms with E-state index in [1.165, 1.54) is 4.68 Å². The van der Waals surface area contributed by atoms with Gasteiger partial charge in [0.1, 0.15) is 11.4 Å². The predicted octanol–water partition coefficient (Wildman–Crippen LogP) is 2.78. The van der Waals surface area contributed by atoms with Crippen molar-refractivity contribution >= 4 is 0 Å². The fraction of sp³-hybridized carbons (Fsp3) is 0.467. The van der Waals surface area contributed by atoms with Crippen LogP contribution in [-0.2, 0) is 13.0 Å². The van der Waals surface area contributed by atoms with Gasteiger partial charge in [0, 0.05) is 17.9 Å². The summed E-state index contributed by atoms with van der Waals surface area (Å²) >= 11 is 0. The summed E-state index contributed by atoms with van der Waals surface area (Å²) in [6.45, 7) is 2.45. The summed E-state index contributed by atoms with van der Waals surface area (Å²) in [5.74, 6) is -2.93. The first kappa shape index (κ1) is 12.7. The van der Waals surface area contributed by atoms with Crippen molar-refractivity contribution in [1.82, 2.24) is 15.0 Å². The molecule has 2 aliphatic rings. The zero-order chi connectivity index (χ0) is 14.6. The maximum atomic E-state index is 13.3. The Morgan fingerprint density at radius 3 is 3.00 bits per heavy atom. The number of fused-ring (bicyclic) bond motifs is 1. The van der Waals surface area contributed by atoms with E-state index in [0.717, 1.165) is 23.3 Å². The Morgan fingerprint density at radius 2 is 2.24 bits per heavy atom. The highest BCUT2D eigenvalue weighted by Gasteiger charge is 2.65. The van der Waals surface area contributed by atoms with Crippen LogP contribution in [0.4, 0.5) is 8.78 Å². The first-order valence-electron chi connectivity index (χ1n) is 7.10. The van der Waals surface area contributed by atoms with Crippen LogP contribution in [0.3, 0.4) is 0 Å². The lowest BCUT2D eigenvalue weighted by Gasteiger charge is -2.04. The average molecular weight is 291 g/mol. The van der Waals surface area contributed by atoms with Gasteiger partial charge in [-0.1, -0.05) is 24.3 Å². The van der Waals surface area contributed by atoms with Gasteiger partial charge in [-0.25, -0.2) is 8.78 Å².